The molecule has 4 N–H and O–H groups in total. The van der Waals surface area contributed by atoms with Crippen molar-refractivity contribution in [1.82, 2.24) is 10.2 Å². The van der Waals surface area contributed by atoms with E-state index in [-0.39, 0.29) is 11.2 Å². The number of nitrogen functional groups attached to an aromatic ring is 1. The van der Waals surface area contributed by atoms with Crippen LogP contribution in [0, 0.1) is 0 Å². The Kier molecular flexibility index (Phi) is 3.14. The minimum atomic E-state index is -0.0543. The lowest BCUT2D eigenvalue weighted by atomic mass is 9.85. The van der Waals surface area contributed by atoms with Crippen molar-refractivity contribution in [3.63, 3.8) is 0 Å². The van der Waals surface area contributed by atoms with Crippen LogP contribution in [-0.2, 0) is 5.41 Å². The summed E-state index contributed by atoms with van der Waals surface area (Å²) in [5.41, 5.74) is 7.91. The van der Waals surface area contributed by atoms with Crippen LogP contribution in [0.15, 0.2) is 18.2 Å². The second-order valence-corrected chi connectivity index (χ2v) is 5.53. The van der Waals surface area contributed by atoms with E-state index in [9.17, 15) is 5.11 Å². The molecule has 0 aliphatic heterocycles. The molecule has 0 unspecified atom stereocenters. The van der Waals surface area contributed by atoms with Gasteiger partial charge in [0, 0.05) is 11.6 Å². The van der Waals surface area contributed by atoms with Gasteiger partial charge in [0.05, 0.1) is 12.8 Å². The Morgan fingerprint density at radius 2 is 1.95 bits per heavy atom. The number of methoxy groups -OCH3 is 1. The molecule has 0 saturated heterocycles. The van der Waals surface area contributed by atoms with E-state index in [1.54, 1.807) is 6.07 Å². The van der Waals surface area contributed by atoms with E-state index in [1.807, 2.05) is 12.1 Å². The van der Waals surface area contributed by atoms with Crippen molar-refractivity contribution in [2.24, 2.45) is 0 Å². The number of aromatic amines is 1. The van der Waals surface area contributed by atoms with E-state index < -0.39 is 0 Å². The summed E-state index contributed by atoms with van der Waals surface area (Å²) in [6.07, 6.45) is 0. The van der Waals surface area contributed by atoms with Gasteiger partial charge in [0.2, 0.25) is 0 Å². The van der Waals surface area contributed by atoms with Gasteiger partial charge < -0.3 is 15.6 Å². The van der Waals surface area contributed by atoms with Crippen LogP contribution >= 0.6 is 0 Å². The lowest BCUT2D eigenvalue weighted by Gasteiger charge is -2.21. The minimum absolute atomic E-state index is 0.0543. The standard InChI is InChI=1S/C14H19N3O2/c1-14(2,3)8-5-9(10-7-12(15)17-16-10)13(18)11(6-8)19-4/h5-7,18H,1-4H3,(H3,15,16,17). The highest BCUT2D eigenvalue weighted by Crippen LogP contribution is 2.40. The smallest absolute Gasteiger partial charge is 0.167 e. The fourth-order valence-corrected chi connectivity index (χ4v) is 1.88. The van der Waals surface area contributed by atoms with Gasteiger partial charge in [0.15, 0.2) is 11.5 Å². The van der Waals surface area contributed by atoms with Gasteiger partial charge in [-0.25, -0.2) is 0 Å². The summed E-state index contributed by atoms with van der Waals surface area (Å²) in [6.45, 7) is 6.30. The SMILES string of the molecule is COc1cc(C(C)(C)C)cc(-c2cc(N)n[nH]2)c1O. The molecule has 0 aliphatic rings. The molecule has 0 bridgehead atoms. The Morgan fingerprint density at radius 3 is 2.42 bits per heavy atom. The van der Waals surface area contributed by atoms with Crippen molar-refractivity contribution in [2.45, 2.75) is 26.2 Å². The lowest BCUT2D eigenvalue weighted by Crippen LogP contribution is -2.11. The Morgan fingerprint density at radius 1 is 1.26 bits per heavy atom. The second kappa shape index (κ2) is 4.50. The lowest BCUT2D eigenvalue weighted by molar-refractivity contribution is 0.372. The number of benzene rings is 1. The number of ether oxygens (including phenoxy) is 1. The van der Waals surface area contributed by atoms with Gasteiger partial charge in [-0.3, -0.25) is 5.10 Å². The Bertz CT molecular complexity index is 597. The summed E-state index contributed by atoms with van der Waals surface area (Å²) in [7, 11) is 1.53. The molecular formula is C14H19N3O2. The molecule has 2 rings (SSSR count). The number of aromatic nitrogens is 2. The summed E-state index contributed by atoms with van der Waals surface area (Å²) >= 11 is 0. The molecule has 19 heavy (non-hydrogen) atoms. The first-order valence-electron chi connectivity index (χ1n) is 6.05. The maximum Gasteiger partial charge on any atom is 0.167 e. The van der Waals surface area contributed by atoms with Crippen LogP contribution in [0.2, 0.25) is 0 Å². The zero-order valence-electron chi connectivity index (χ0n) is 11.6. The first kappa shape index (κ1) is 13.3. The fourth-order valence-electron chi connectivity index (χ4n) is 1.88. The van der Waals surface area contributed by atoms with E-state index in [0.29, 0.717) is 22.8 Å². The molecule has 1 aromatic heterocycles. The van der Waals surface area contributed by atoms with E-state index in [4.69, 9.17) is 10.5 Å². The maximum absolute atomic E-state index is 10.2. The highest BCUT2D eigenvalue weighted by Gasteiger charge is 2.20. The van der Waals surface area contributed by atoms with Crippen LogP contribution in [0.1, 0.15) is 26.3 Å². The number of nitrogens with zero attached hydrogens (tertiary/aromatic N) is 1. The molecule has 5 nitrogen and oxygen atoms in total. The van der Waals surface area contributed by atoms with Crippen molar-refractivity contribution in [2.75, 3.05) is 12.8 Å². The molecule has 102 valence electrons. The minimum Gasteiger partial charge on any atom is -0.504 e. The highest BCUT2D eigenvalue weighted by atomic mass is 16.5. The Balaban J connectivity index is 2.65. The van der Waals surface area contributed by atoms with E-state index >= 15 is 0 Å². The molecule has 2 aromatic rings. The second-order valence-electron chi connectivity index (χ2n) is 5.53. The number of phenols is 1. The number of rotatable bonds is 2. The number of aromatic hydroxyl groups is 1. The van der Waals surface area contributed by atoms with Crippen LogP contribution in [0.25, 0.3) is 11.3 Å². The van der Waals surface area contributed by atoms with Crippen LogP contribution in [0.3, 0.4) is 0 Å². The zero-order valence-corrected chi connectivity index (χ0v) is 11.6. The number of H-pyrrole nitrogens is 1. The zero-order chi connectivity index (χ0) is 14.2. The average molecular weight is 261 g/mol. The molecule has 0 amide bonds. The monoisotopic (exact) mass is 261 g/mol. The molecule has 0 spiro atoms. The van der Waals surface area contributed by atoms with Crippen LogP contribution < -0.4 is 10.5 Å². The van der Waals surface area contributed by atoms with Crippen molar-refractivity contribution in [3.8, 4) is 22.8 Å². The Hall–Kier alpha value is -2.17. The maximum atomic E-state index is 10.2. The third-order valence-corrected chi connectivity index (χ3v) is 3.05. The number of nitrogens with two attached hydrogens (primary N) is 1. The summed E-state index contributed by atoms with van der Waals surface area (Å²) < 4.78 is 5.23. The van der Waals surface area contributed by atoms with Gasteiger partial charge >= 0.3 is 0 Å². The molecule has 0 atom stereocenters. The van der Waals surface area contributed by atoms with Gasteiger partial charge in [0.25, 0.3) is 0 Å². The average Bonchev–Trinajstić information content (AvgIpc) is 2.74. The van der Waals surface area contributed by atoms with Gasteiger partial charge in [-0.05, 0) is 23.1 Å². The predicted octanol–water partition coefficient (Wildman–Crippen LogP) is 2.67. The molecule has 5 heteroatoms. The number of hydrogen-bond acceptors (Lipinski definition) is 4. The largest absolute Gasteiger partial charge is 0.504 e. The van der Waals surface area contributed by atoms with Gasteiger partial charge in [0.1, 0.15) is 5.82 Å². The molecular weight excluding hydrogens is 242 g/mol. The van der Waals surface area contributed by atoms with Crippen LogP contribution in [0.4, 0.5) is 5.82 Å². The fraction of sp³-hybridized carbons (Fsp3) is 0.357. The third kappa shape index (κ3) is 2.50. The normalized spacial score (nSPS) is 11.6. The summed E-state index contributed by atoms with van der Waals surface area (Å²) in [4.78, 5) is 0. The number of nitrogens with one attached hydrogen (secondary N) is 1. The molecule has 1 aromatic carbocycles. The van der Waals surface area contributed by atoms with Gasteiger partial charge in [-0.1, -0.05) is 20.8 Å². The summed E-state index contributed by atoms with van der Waals surface area (Å²) in [5, 5.41) is 16.9. The van der Waals surface area contributed by atoms with Crippen LogP contribution in [-0.4, -0.2) is 22.4 Å². The van der Waals surface area contributed by atoms with E-state index in [1.165, 1.54) is 7.11 Å². The number of phenolic OH excluding ortho intramolecular Hbond substituents is 1. The molecule has 0 radical (unpaired) electrons. The number of hydrogen-bond donors (Lipinski definition) is 3. The summed E-state index contributed by atoms with van der Waals surface area (Å²) in [6, 6.07) is 5.45. The van der Waals surface area contributed by atoms with Crippen molar-refractivity contribution < 1.29 is 9.84 Å². The molecule has 0 fully saturated rings. The van der Waals surface area contributed by atoms with E-state index in [2.05, 4.69) is 31.0 Å². The van der Waals surface area contributed by atoms with Crippen molar-refractivity contribution in [3.05, 3.63) is 23.8 Å². The predicted molar refractivity (Wildman–Crippen MR) is 75.4 cm³/mol. The first-order valence-corrected chi connectivity index (χ1v) is 6.05. The highest BCUT2D eigenvalue weighted by molar-refractivity contribution is 5.73. The molecule has 0 aliphatic carbocycles. The Labute approximate surface area is 112 Å². The quantitative estimate of drug-likeness (QED) is 0.776. The van der Waals surface area contributed by atoms with Gasteiger partial charge in [-0.15, -0.1) is 0 Å². The molecule has 0 saturated carbocycles. The van der Waals surface area contributed by atoms with Gasteiger partial charge in [-0.2, -0.15) is 5.10 Å². The van der Waals surface area contributed by atoms with E-state index in [0.717, 1.165) is 5.56 Å². The third-order valence-electron chi connectivity index (χ3n) is 3.05. The number of anilines is 1. The summed E-state index contributed by atoms with van der Waals surface area (Å²) in [5.74, 6) is 0.907. The van der Waals surface area contributed by atoms with Crippen molar-refractivity contribution >= 4 is 5.82 Å². The first-order chi connectivity index (χ1) is 8.82. The van der Waals surface area contributed by atoms with Crippen molar-refractivity contribution in [1.29, 1.82) is 0 Å². The molecule has 1 heterocycles. The topological polar surface area (TPSA) is 84.2 Å². The van der Waals surface area contributed by atoms with Crippen LogP contribution in [0.5, 0.6) is 11.5 Å².